The van der Waals surface area contributed by atoms with Crippen molar-refractivity contribution in [2.45, 2.75) is 29.5 Å². The van der Waals surface area contributed by atoms with Crippen LogP contribution in [-0.4, -0.2) is 29.4 Å². The molecule has 2 rings (SSSR count). The fourth-order valence-electron chi connectivity index (χ4n) is 1.56. The maximum absolute atomic E-state index is 12.2. The summed E-state index contributed by atoms with van der Waals surface area (Å²) >= 11 is 5.55. The van der Waals surface area contributed by atoms with E-state index >= 15 is 0 Å². The third-order valence-corrected chi connectivity index (χ3v) is 3.66. The largest absolute Gasteiger partial charge is 0.353 e. The molecule has 1 fully saturated rings. The van der Waals surface area contributed by atoms with E-state index in [0.29, 0.717) is 33.5 Å². The van der Waals surface area contributed by atoms with Gasteiger partial charge in [0.25, 0.3) is 5.76 Å². The van der Waals surface area contributed by atoms with E-state index in [0.717, 1.165) is 12.8 Å². The average molecular weight is 331 g/mol. The normalized spacial score (nSPS) is 13.9. The minimum atomic E-state index is -2.43. The number of thiocarbonyl (C=S) groups is 1. The molecule has 8 heteroatoms. The van der Waals surface area contributed by atoms with Crippen LogP contribution in [0.15, 0.2) is 29.2 Å². The van der Waals surface area contributed by atoms with Gasteiger partial charge in [-0.1, -0.05) is 11.8 Å². The topological polar surface area (TPSA) is 53.2 Å². The molecule has 21 heavy (non-hydrogen) atoms. The van der Waals surface area contributed by atoms with Crippen molar-refractivity contribution < 1.29 is 13.6 Å². The van der Waals surface area contributed by atoms with E-state index in [1.807, 2.05) is 0 Å². The van der Waals surface area contributed by atoms with Gasteiger partial charge >= 0.3 is 0 Å². The molecule has 0 aliphatic heterocycles. The molecule has 0 aromatic heterocycles. The van der Waals surface area contributed by atoms with E-state index in [4.69, 9.17) is 12.2 Å². The molecule has 4 nitrogen and oxygen atoms in total. The van der Waals surface area contributed by atoms with E-state index < -0.39 is 5.76 Å². The lowest BCUT2D eigenvalue weighted by molar-refractivity contribution is -0.120. The van der Waals surface area contributed by atoms with Gasteiger partial charge in [0, 0.05) is 16.6 Å². The second-order valence-corrected chi connectivity index (χ2v) is 6.02. The first kappa shape index (κ1) is 16.0. The molecule has 0 unspecified atom stereocenters. The van der Waals surface area contributed by atoms with Crippen LogP contribution < -0.4 is 16.0 Å². The van der Waals surface area contributed by atoms with Crippen LogP contribution in [0.4, 0.5) is 14.5 Å². The first-order valence-corrected chi connectivity index (χ1v) is 7.71. The zero-order chi connectivity index (χ0) is 15.2. The van der Waals surface area contributed by atoms with Crippen molar-refractivity contribution in [3.63, 3.8) is 0 Å². The van der Waals surface area contributed by atoms with Crippen molar-refractivity contribution in [1.82, 2.24) is 10.6 Å². The molecule has 1 aromatic rings. The van der Waals surface area contributed by atoms with Crippen LogP contribution in [0.1, 0.15) is 12.8 Å². The summed E-state index contributed by atoms with van der Waals surface area (Å²) in [6.45, 7) is 0.113. The quantitative estimate of drug-likeness (QED) is 0.552. The van der Waals surface area contributed by atoms with Gasteiger partial charge in [0.15, 0.2) is 5.11 Å². The lowest BCUT2D eigenvalue weighted by Crippen LogP contribution is -2.39. The Hall–Kier alpha value is -1.41. The summed E-state index contributed by atoms with van der Waals surface area (Å²) in [4.78, 5) is 11.9. The Labute approximate surface area is 131 Å². The molecule has 0 bridgehead atoms. The summed E-state index contributed by atoms with van der Waals surface area (Å²) in [5.74, 6) is -2.53. The van der Waals surface area contributed by atoms with E-state index in [-0.39, 0.29) is 12.5 Å². The third kappa shape index (κ3) is 6.26. The van der Waals surface area contributed by atoms with Crippen LogP contribution in [-0.2, 0) is 4.79 Å². The standard InChI is InChI=1S/C13H15F2N3OS2/c14-12(15)21-10-5-3-9(4-6-10)18-13(20)16-7-11(19)17-8-1-2-8/h3-6,8,12H,1-2,7H2,(H,17,19)(H2,16,18,20). The minimum absolute atomic E-state index is 0.0923. The highest BCUT2D eigenvalue weighted by molar-refractivity contribution is 7.99. The highest BCUT2D eigenvalue weighted by atomic mass is 32.2. The number of carbonyl (C=O) groups is 1. The monoisotopic (exact) mass is 331 g/mol. The lowest BCUT2D eigenvalue weighted by Gasteiger charge is -2.11. The number of alkyl halides is 2. The van der Waals surface area contributed by atoms with Crippen molar-refractivity contribution >= 4 is 40.7 Å². The highest BCUT2D eigenvalue weighted by Crippen LogP contribution is 2.26. The fourth-order valence-corrected chi connectivity index (χ4v) is 2.25. The number of nitrogens with one attached hydrogen (secondary N) is 3. The van der Waals surface area contributed by atoms with Crippen LogP contribution in [0, 0.1) is 0 Å². The van der Waals surface area contributed by atoms with Gasteiger partial charge in [-0.3, -0.25) is 4.79 Å². The van der Waals surface area contributed by atoms with Gasteiger partial charge in [-0.25, -0.2) is 0 Å². The van der Waals surface area contributed by atoms with Gasteiger partial charge < -0.3 is 16.0 Å². The molecule has 0 radical (unpaired) electrons. The third-order valence-electron chi connectivity index (χ3n) is 2.69. The van der Waals surface area contributed by atoms with Crippen molar-refractivity contribution in [3.05, 3.63) is 24.3 Å². The number of rotatable bonds is 6. The van der Waals surface area contributed by atoms with Crippen LogP contribution in [0.5, 0.6) is 0 Å². The van der Waals surface area contributed by atoms with Crippen molar-refractivity contribution in [2.75, 3.05) is 11.9 Å². The maximum Gasteiger partial charge on any atom is 0.288 e. The van der Waals surface area contributed by atoms with Gasteiger partial charge in [-0.05, 0) is 49.3 Å². The van der Waals surface area contributed by atoms with Gasteiger partial charge in [-0.15, -0.1) is 0 Å². The number of hydrogen-bond acceptors (Lipinski definition) is 3. The maximum atomic E-state index is 12.2. The summed E-state index contributed by atoms with van der Waals surface area (Å²) in [5, 5.41) is 8.84. The van der Waals surface area contributed by atoms with Crippen molar-refractivity contribution in [1.29, 1.82) is 0 Å². The Kier molecular flexibility index (Phi) is 5.75. The van der Waals surface area contributed by atoms with Gasteiger partial charge in [0.2, 0.25) is 5.91 Å². The van der Waals surface area contributed by atoms with E-state index in [9.17, 15) is 13.6 Å². The predicted molar refractivity (Wildman–Crippen MR) is 83.7 cm³/mol. The van der Waals surface area contributed by atoms with Gasteiger partial charge in [-0.2, -0.15) is 8.78 Å². The number of hydrogen-bond donors (Lipinski definition) is 3. The molecule has 0 heterocycles. The Bertz CT molecular complexity index is 507. The summed E-state index contributed by atoms with van der Waals surface area (Å²) in [6.07, 6.45) is 2.08. The number of amides is 1. The Morgan fingerprint density at radius 1 is 1.33 bits per heavy atom. The number of carbonyl (C=O) groups excluding carboxylic acids is 1. The molecule has 3 N–H and O–H groups in total. The second-order valence-electron chi connectivity index (χ2n) is 4.55. The number of anilines is 1. The molecule has 1 aliphatic carbocycles. The van der Waals surface area contributed by atoms with Crippen LogP contribution in [0.2, 0.25) is 0 Å². The Balaban J connectivity index is 1.72. The SMILES string of the molecule is O=C(CNC(=S)Nc1ccc(SC(F)F)cc1)NC1CC1. The molecule has 0 atom stereocenters. The van der Waals surface area contributed by atoms with Gasteiger partial charge in [0.1, 0.15) is 0 Å². The molecule has 1 aromatic carbocycles. The second kappa shape index (κ2) is 7.56. The van der Waals surface area contributed by atoms with Crippen LogP contribution >= 0.6 is 24.0 Å². The minimum Gasteiger partial charge on any atom is -0.353 e. The summed E-state index contributed by atoms with van der Waals surface area (Å²) in [6, 6.07) is 6.80. The molecule has 1 saturated carbocycles. The molecule has 0 saturated heterocycles. The van der Waals surface area contributed by atoms with E-state index in [1.165, 1.54) is 0 Å². The zero-order valence-corrected chi connectivity index (χ0v) is 12.7. The van der Waals surface area contributed by atoms with Crippen LogP contribution in [0.3, 0.4) is 0 Å². The van der Waals surface area contributed by atoms with E-state index in [1.54, 1.807) is 24.3 Å². The number of halogens is 2. The molecular weight excluding hydrogens is 316 g/mol. The fraction of sp³-hybridized carbons (Fsp3) is 0.385. The molecule has 0 spiro atoms. The lowest BCUT2D eigenvalue weighted by atomic mass is 10.3. The Morgan fingerprint density at radius 3 is 2.57 bits per heavy atom. The molecule has 114 valence electrons. The predicted octanol–water partition coefficient (Wildman–Crippen LogP) is 2.57. The summed E-state index contributed by atoms with van der Waals surface area (Å²) in [7, 11) is 0. The highest BCUT2D eigenvalue weighted by Gasteiger charge is 2.22. The van der Waals surface area contributed by atoms with Gasteiger partial charge in [0.05, 0.1) is 6.54 Å². The molecule has 1 amide bonds. The first-order valence-electron chi connectivity index (χ1n) is 6.42. The number of benzene rings is 1. The Morgan fingerprint density at radius 2 is 2.00 bits per heavy atom. The van der Waals surface area contributed by atoms with Crippen molar-refractivity contribution in [3.8, 4) is 0 Å². The van der Waals surface area contributed by atoms with Crippen LogP contribution in [0.25, 0.3) is 0 Å². The average Bonchev–Trinajstić information content (AvgIpc) is 3.22. The smallest absolute Gasteiger partial charge is 0.288 e. The van der Waals surface area contributed by atoms with Crippen molar-refractivity contribution in [2.24, 2.45) is 0 Å². The zero-order valence-electron chi connectivity index (χ0n) is 11.1. The van der Waals surface area contributed by atoms with E-state index in [2.05, 4.69) is 16.0 Å². The summed E-state index contributed by atoms with van der Waals surface area (Å²) < 4.78 is 24.4. The molecular formula is C13H15F2N3OS2. The molecule has 1 aliphatic rings. The number of thioether (sulfide) groups is 1. The summed E-state index contributed by atoms with van der Waals surface area (Å²) in [5.41, 5.74) is 0.675. The first-order chi connectivity index (χ1) is 10.0.